The predicted molar refractivity (Wildman–Crippen MR) is 113 cm³/mol. The molecule has 2 aromatic heterocycles. The van der Waals surface area contributed by atoms with E-state index in [1.807, 2.05) is 35.0 Å². The monoisotopic (exact) mass is 415 g/mol. The number of pyridine rings is 1. The number of ether oxygens (including phenoxy) is 2. The van der Waals surface area contributed by atoms with Crippen molar-refractivity contribution in [2.45, 2.75) is 31.7 Å². The molecular formula is C23H21N5O3. The molecule has 1 N–H and O–H groups in total. The topological polar surface area (TPSA) is 91.2 Å². The first kappa shape index (κ1) is 18.1. The Labute approximate surface area is 178 Å². The number of Topliss-reactive ketones (excluding diaryl/α,β-unsaturated/α-hetero) is 1. The Balaban J connectivity index is 1.50. The number of hydrogen-bond donors (Lipinski definition) is 1. The summed E-state index contributed by atoms with van der Waals surface area (Å²) >= 11 is 0. The first-order valence-electron chi connectivity index (χ1n) is 10.6. The van der Waals surface area contributed by atoms with Crippen LogP contribution in [0.3, 0.4) is 0 Å². The van der Waals surface area contributed by atoms with Crippen molar-refractivity contribution in [2.75, 3.05) is 18.5 Å². The summed E-state index contributed by atoms with van der Waals surface area (Å²) in [5.74, 6) is 2.82. The van der Waals surface area contributed by atoms with E-state index >= 15 is 0 Å². The Morgan fingerprint density at radius 1 is 1.00 bits per heavy atom. The van der Waals surface area contributed by atoms with E-state index < -0.39 is 0 Å². The Hall–Kier alpha value is -3.68. The highest BCUT2D eigenvalue weighted by molar-refractivity contribution is 5.99. The zero-order valence-corrected chi connectivity index (χ0v) is 16.9. The van der Waals surface area contributed by atoms with Gasteiger partial charge < -0.3 is 14.8 Å². The Bertz CT molecular complexity index is 1200. The van der Waals surface area contributed by atoms with E-state index in [1.54, 1.807) is 12.4 Å². The maximum Gasteiger partial charge on any atom is 0.226 e. The van der Waals surface area contributed by atoms with Crippen LogP contribution in [0.4, 0.5) is 5.95 Å². The van der Waals surface area contributed by atoms with Gasteiger partial charge in [-0.1, -0.05) is 6.07 Å². The van der Waals surface area contributed by atoms with Crippen LogP contribution in [-0.4, -0.2) is 38.7 Å². The smallest absolute Gasteiger partial charge is 0.226 e. The van der Waals surface area contributed by atoms with Gasteiger partial charge in [-0.05, 0) is 42.7 Å². The molecule has 2 aliphatic heterocycles. The second-order valence-corrected chi connectivity index (χ2v) is 7.89. The maximum atomic E-state index is 13.0. The van der Waals surface area contributed by atoms with E-state index in [2.05, 4.69) is 10.3 Å². The van der Waals surface area contributed by atoms with Crippen molar-refractivity contribution >= 4 is 11.7 Å². The average Bonchev–Trinajstić information content (AvgIpc) is 3.08. The van der Waals surface area contributed by atoms with Crippen molar-refractivity contribution in [1.82, 2.24) is 19.7 Å². The third-order valence-electron chi connectivity index (χ3n) is 5.89. The van der Waals surface area contributed by atoms with Gasteiger partial charge in [0.2, 0.25) is 5.95 Å². The van der Waals surface area contributed by atoms with Gasteiger partial charge in [0.1, 0.15) is 6.04 Å². The normalized spacial score (nSPS) is 19.9. The van der Waals surface area contributed by atoms with Crippen molar-refractivity contribution in [3.05, 3.63) is 59.6 Å². The number of allylic oxidation sites excluding steroid dienone is 2. The molecule has 0 saturated carbocycles. The summed E-state index contributed by atoms with van der Waals surface area (Å²) in [6.07, 6.45) is 6.48. The minimum absolute atomic E-state index is 0.150. The van der Waals surface area contributed by atoms with Crippen LogP contribution >= 0.6 is 0 Å². The Kier molecular flexibility index (Phi) is 4.22. The average molecular weight is 415 g/mol. The fraction of sp³-hybridized carbons (Fsp3) is 0.304. The molecule has 1 aromatic carbocycles. The number of benzene rings is 1. The Morgan fingerprint density at radius 3 is 2.71 bits per heavy atom. The molecule has 0 fully saturated rings. The van der Waals surface area contributed by atoms with Crippen LogP contribution in [0.5, 0.6) is 11.5 Å². The highest BCUT2D eigenvalue weighted by Gasteiger charge is 2.37. The van der Waals surface area contributed by atoms with Crippen LogP contribution < -0.4 is 14.8 Å². The molecule has 1 atom stereocenters. The molecule has 0 bridgehead atoms. The number of carbonyl (C=O) groups excluding carboxylic acids is 1. The first-order chi connectivity index (χ1) is 15.3. The standard InChI is InChI=1S/C23H21N5O3/c29-17-4-1-3-16-20(17)21(15-5-6-18-19(13-15)31-12-2-11-30-18)28-23(25-16)26-22(27-28)14-7-9-24-10-8-14/h5-10,13,21H,1-4,11-12H2,(H,25,26,27). The highest BCUT2D eigenvalue weighted by atomic mass is 16.5. The lowest BCUT2D eigenvalue weighted by Crippen LogP contribution is -2.31. The second kappa shape index (κ2) is 7.23. The molecule has 8 heteroatoms. The van der Waals surface area contributed by atoms with Gasteiger partial charge >= 0.3 is 0 Å². The van der Waals surface area contributed by atoms with Gasteiger partial charge in [0.05, 0.1) is 13.2 Å². The number of hydrogen-bond acceptors (Lipinski definition) is 7. The molecule has 3 aliphatic rings. The van der Waals surface area contributed by atoms with Crippen LogP contribution in [0.1, 0.15) is 37.3 Å². The number of anilines is 1. The molecule has 0 saturated heterocycles. The maximum absolute atomic E-state index is 13.0. The van der Waals surface area contributed by atoms with Crippen LogP contribution in [0.15, 0.2) is 54.0 Å². The molecule has 0 radical (unpaired) electrons. The van der Waals surface area contributed by atoms with Crippen LogP contribution in [0.2, 0.25) is 0 Å². The lowest BCUT2D eigenvalue weighted by Gasteiger charge is -2.32. The summed E-state index contributed by atoms with van der Waals surface area (Å²) in [6, 6.07) is 9.28. The number of rotatable bonds is 2. The third-order valence-corrected chi connectivity index (χ3v) is 5.89. The van der Waals surface area contributed by atoms with E-state index in [9.17, 15) is 4.79 Å². The fourth-order valence-corrected chi connectivity index (χ4v) is 4.44. The van der Waals surface area contributed by atoms with Gasteiger partial charge in [0.15, 0.2) is 23.1 Å². The lowest BCUT2D eigenvalue weighted by atomic mass is 9.85. The van der Waals surface area contributed by atoms with Gasteiger partial charge in [-0.3, -0.25) is 9.78 Å². The summed E-state index contributed by atoms with van der Waals surface area (Å²) in [7, 11) is 0. The van der Waals surface area contributed by atoms with Crippen LogP contribution in [-0.2, 0) is 4.79 Å². The summed E-state index contributed by atoms with van der Waals surface area (Å²) < 4.78 is 13.5. The minimum atomic E-state index is -0.362. The predicted octanol–water partition coefficient (Wildman–Crippen LogP) is 3.52. The van der Waals surface area contributed by atoms with Crippen molar-refractivity contribution in [1.29, 1.82) is 0 Å². The Morgan fingerprint density at radius 2 is 1.84 bits per heavy atom. The van der Waals surface area contributed by atoms with Crippen molar-refractivity contribution in [2.24, 2.45) is 0 Å². The number of carbonyl (C=O) groups is 1. The molecule has 0 amide bonds. The minimum Gasteiger partial charge on any atom is -0.490 e. The zero-order valence-electron chi connectivity index (χ0n) is 16.9. The number of fused-ring (bicyclic) bond motifs is 2. The third kappa shape index (κ3) is 3.06. The summed E-state index contributed by atoms with van der Waals surface area (Å²) in [5.41, 5.74) is 3.51. The summed E-state index contributed by atoms with van der Waals surface area (Å²) in [5, 5.41) is 8.16. The molecule has 1 unspecified atom stereocenters. The van der Waals surface area contributed by atoms with Crippen LogP contribution in [0, 0.1) is 0 Å². The van der Waals surface area contributed by atoms with Gasteiger partial charge in [0, 0.05) is 42.1 Å². The quantitative estimate of drug-likeness (QED) is 0.685. The van der Waals surface area contributed by atoms with Gasteiger partial charge in [0.25, 0.3) is 0 Å². The molecule has 3 aromatic rings. The van der Waals surface area contributed by atoms with E-state index in [0.29, 0.717) is 37.2 Å². The van der Waals surface area contributed by atoms with Crippen molar-refractivity contribution in [3.63, 3.8) is 0 Å². The van der Waals surface area contributed by atoms with E-state index in [1.165, 1.54) is 0 Å². The van der Waals surface area contributed by atoms with Gasteiger partial charge in [-0.2, -0.15) is 4.98 Å². The molecule has 0 spiro atoms. The first-order valence-corrected chi connectivity index (χ1v) is 10.6. The molecule has 6 rings (SSSR count). The highest BCUT2D eigenvalue weighted by Crippen LogP contribution is 2.42. The van der Waals surface area contributed by atoms with Gasteiger partial charge in [-0.25, -0.2) is 4.68 Å². The molecule has 156 valence electrons. The van der Waals surface area contributed by atoms with Crippen molar-refractivity contribution < 1.29 is 14.3 Å². The van der Waals surface area contributed by atoms with Gasteiger partial charge in [-0.15, -0.1) is 5.10 Å². The largest absolute Gasteiger partial charge is 0.490 e. The summed E-state index contributed by atoms with van der Waals surface area (Å²) in [6.45, 7) is 1.24. The van der Waals surface area contributed by atoms with Crippen molar-refractivity contribution in [3.8, 4) is 22.9 Å². The van der Waals surface area contributed by atoms with E-state index in [0.717, 1.165) is 47.4 Å². The number of nitrogens with zero attached hydrogens (tertiary/aromatic N) is 4. The fourth-order valence-electron chi connectivity index (χ4n) is 4.44. The number of nitrogens with one attached hydrogen (secondary N) is 1. The molecule has 4 heterocycles. The molecule has 31 heavy (non-hydrogen) atoms. The molecular weight excluding hydrogens is 394 g/mol. The summed E-state index contributed by atoms with van der Waals surface area (Å²) in [4.78, 5) is 21.8. The lowest BCUT2D eigenvalue weighted by molar-refractivity contribution is -0.116. The molecule has 1 aliphatic carbocycles. The number of aromatic nitrogens is 4. The SMILES string of the molecule is O=C1CCCC2=C1C(c1ccc3c(c1)OCCCO3)n1nc(-c3ccncc3)nc1N2. The number of ketones is 1. The zero-order chi connectivity index (χ0) is 20.8. The second-order valence-electron chi connectivity index (χ2n) is 7.89. The van der Waals surface area contributed by atoms with E-state index in [4.69, 9.17) is 19.6 Å². The van der Waals surface area contributed by atoms with Crippen LogP contribution in [0.25, 0.3) is 11.4 Å². The molecule has 8 nitrogen and oxygen atoms in total. The van der Waals surface area contributed by atoms with E-state index in [-0.39, 0.29) is 11.8 Å².